The fourth-order valence-corrected chi connectivity index (χ4v) is 4.59. The van der Waals surface area contributed by atoms with Crippen molar-refractivity contribution in [2.24, 2.45) is 0 Å². The van der Waals surface area contributed by atoms with E-state index in [-0.39, 0.29) is 11.7 Å². The number of aryl methyl sites for hydroxylation is 3. The predicted molar refractivity (Wildman–Crippen MR) is 105 cm³/mol. The van der Waals surface area contributed by atoms with Gasteiger partial charge in [-0.2, -0.15) is 0 Å². The van der Waals surface area contributed by atoms with Crippen LogP contribution < -0.4 is 9.62 Å². The zero-order chi connectivity index (χ0) is 18.9. The number of hydrogen-bond acceptors (Lipinski definition) is 3. The molecule has 0 atom stereocenters. The molecule has 0 unspecified atom stereocenters. The number of nitrogens with zero attached hydrogens (tertiary/aromatic N) is 1. The first-order chi connectivity index (χ1) is 12.3. The van der Waals surface area contributed by atoms with E-state index in [2.05, 4.69) is 5.32 Å². The number of carbonyl (C=O) groups is 1. The molecule has 0 radical (unpaired) electrons. The Labute approximate surface area is 155 Å². The van der Waals surface area contributed by atoms with Crippen molar-refractivity contribution < 1.29 is 13.2 Å². The zero-order valence-electron chi connectivity index (χ0n) is 15.4. The van der Waals surface area contributed by atoms with Crippen LogP contribution in [0.15, 0.2) is 36.4 Å². The van der Waals surface area contributed by atoms with Crippen molar-refractivity contribution in [3.8, 4) is 0 Å². The van der Waals surface area contributed by atoms with E-state index in [0.717, 1.165) is 35.2 Å². The van der Waals surface area contributed by atoms with Gasteiger partial charge in [-0.05, 0) is 69.5 Å². The van der Waals surface area contributed by atoms with Crippen LogP contribution in [0.1, 0.15) is 40.4 Å². The minimum Gasteiger partial charge on any atom is -0.322 e. The molecule has 1 amide bonds. The summed E-state index contributed by atoms with van der Waals surface area (Å²) >= 11 is 0. The lowest BCUT2D eigenvalue weighted by Gasteiger charge is -2.30. The number of amides is 1. The van der Waals surface area contributed by atoms with Gasteiger partial charge in [-0.3, -0.25) is 9.10 Å². The molecule has 26 heavy (non-hydrogen) atoms. The van der Waals surface area contributed by atoms with Crippen LogP contribution in [0.4, 0.5) is 11.4 Å². The predicted octanol–water partition coefficient (Wildman–Crippen LogP) is 3.66. The highest BCUT2D eigenvalue weighted by molar-refractivity contribution is 7.92. The molecule has 1 N–H and O–H groups in total. The Hall–Kier alpha value is -2.34. The van der Waals surface area contributed by atoms with Gasteiger partial charge >= 0.3 is 0 Å². The lowest BCUT2D eigenvalue weighted by Crippen LogP contribution is -2.36. The minimum atomic E-state index is -3.28. The van der Waals surface area contributed by atoms with Crippen LogP contribution >= 0.6 is 0 Å². The second-order valence-corrected chi connectivity index (χ2v) is 8.93. The van der Waals surface area contributed by atoms with Crippen molar-refractivity contribution in [1.82, 2.24) is 0 Å². The van der Waals surface area contributed by atoms with E-state index in [1.807, 2.05) is 38.1 Å². The van der Waals surface area contributed by atoms with Crippen molar-refractivity contribution in [3.63, 3.8) is 0 Å². The van der Waals surface area contributed by atoms with Crippen LogP contribution in [0.2, 0.25) is 0 Å². The van der Waals surface area contributed by atoms with Crippen LogP contribution in [0.5, 0.6) is 0 Å². The summed E-state index contributed by atoms with van der Waals surface area (Å²) in [6, 6.07) is 11.2. The molecule has 0 saturated carbocycles. The van der Waals surface area contributed by atoms with Gasteiger partial charge in [-0.15, -0.1) is 0 Å². The molecule has 138 valence electrons. The molecule has 5 nitrogen and oxygen atoms in total. The fourth-order valence-electron chi connectivity index (χ4n) is 3.39. The summed E-state index contributed by atoms with van der Waals surface area (Å²) in [4.78, 5) is 12.5. The van der Waals surface area contributed by atoms with Gasteiger partial charge in [0.1, 0.15) is 0 Å². The summed E-state index contributed by atoms with van der Waals surface area (Å²) in [6.07, 6.45) is 1.58. The number of nitrogens with one attached hydrogen (secondary N) is 1. The van der Waals surface area contributed by atoms with Crippen LogP contribution in [0, 0.1) is 13.8 Å². The monoisotopic (exact) mass is 372 g/mol. The highest BCUT2D eigenvalue weighted by Gasteiger charge is 2.26. The normalized spacial score (nSPS) is 14.0. The van der Waals surface area contributed by atoms with E-state index in [1.165, 1.54) is 4.31 Å². The van der Waals surface area contributed by atoms with Gasteiger partial charge in [-0.1, -0.05) is 17.2 Å². The molecule has 1 aliphatic heterocycles. The summed E-state index contributed by atoms with van der Waals surface area (Å²) in [5.41, 5.74) is 5.06. The highest BCUT2D eigenvalue weighted by Crippen LogP contribution is 2.32. The number of benzene rings is 2. The fraction of sp³-hybridized carbons (Fsp3) is 0.350. The van der Waals surface area contributed by atoms with Crippen molar-refractivity contribution in [2.75, 3.05) is 21.9 Å². The van der Waals surface area contributed by atoms with Crippen LogP contribution in [0.25, 0.3) is 0 Å². The Morgan fingerprint density at radius 2 is 1.81 bits per heavy atom. The first-order valence-corrected chi connectivity index (χ1v) is 10.4. The largest absolute Gasteiger partial charge is 0.322 e. The Morgan fingerprint density at radius 1 is 1.12 bits per heavy atom. The smallest absolute Gasteiger partial charge is 0.255 e. The first kappa shape index (κ1) is 18.5. The average molecular weight is 372 g/mol. The van der Waals surface area contributed by atoms with Gasteiger partial charge in [0.2, 0.25) is 10.0 Å². The SMILES string of the molecule is CCS(=O)(=O)N1CCCc2cc(NC(=O)c3cc(C)cc(C)c3)ccc21. The van der Waals surface area contributed by atoms with E-state index in [0.29, 0.717) is 17.8 Å². The molecule has 0 bridgehead atoms. The molecule has 0 aliphatic carbocycles. The van der Waals surface area contributed by atoms with Crippen molar-refractivity contribution in [1.29, 1.82) is 0 Å². The summed E-state index contributed by atoms with van der Waals surface area (Å²) in [6.45, 7) is 6.09. The summed E-state index contributed by atoms with van der Waals surface area (Å²) in [5, 5.41) is 2.92. The lowest BCUT2D eigenvalue weighted by molar-refractivity contribution is 0.102. The molecule has 3 rings (SSSR count). The third-order valence-electron chi connectivity index (χ3n) is 4.60. The average Bonchev–Trinajstić information content (AvgIpc) is 2.60. The van der Waals surface area contributed by atoms with E-state index in [4.69, 9.17) is 0 Å². The van der Waals surface area contributed by atoms with Gasteiger partial charge in [0.15, 0.2) is 0 Å². The molecular formula is C20H24N2O3S. The van der Waals surface area contributed by atoms with Crippen LogP contribution in [-0.4, -0.2) is 26.6 Å². The van der Waals surface area contributed by atoms with Crippen LogP contribution in [-0.2, 0) is 16.4 Å². The zero-order valence-corrected chi connectivity index (χ0v) is 16.2. The number of carbonyl (C=O) groups excluding carboxylic acids is 1. The molecule has 2 aromatic rings. The van der Waals surface area contributed by atoms with Crippen LogP contribution in [0.3, 0.4) is 0 Å². The first-order valence-electron chi connectivity index (χ1n) is 8.83. The van der Waals surface area contributed by atoms with E-state index < -0.39 is 10.0 Å². The second kappa shape index (κ2) is 7.11. The Kier molecular flexibility index (Phi) is 5.05. The Morgan fingerprint density at radius 3 is 2.46 bits per heavy atom. The molecule has 1 aliphatic rings. The molecule has 6 heteroatoms. The topological polar surface area (TPSA) is 66.5 Å². The van der Waals surface area contributed by atoms with Gasteiger partial charge in [0, 0.05) is 17.8 Å². The van der Waals surface area contributed by atoms with Gasteiger partial charge in [0.05, 0.1) is 11.4 Å². The highest BCUT2D eigenvalue weighted by atomic mass is 32.2. The second-order valence-electron chi connectivity index (χ2n) is 6.75. The third-order valence-corrected chi connectivity index (χ3v) is 6.38. The van der Waals surface area contributed by atoms with E-state index >= 15 is 0 Å². The molecule has 0 aromatic heterocycles. The number of anilines is 2. The van der Waals surface area contributed by atoms with E-state index in [1.54, 1.807) is 19.1 Å². The van der Waals surface area contributed by atoms with Crippen molar-refractivity contribution in [3.05, 3.63) is 58.7 Å². The number of rotatable bonds is 4. The van der Waals surface area contributed by atoms with Crippen molar-refractivity contribution >= 4 is 27.3 Å². The third kappa shape index (κ3) is 3.75. The van der Waals surface area contributed by atoms with Gasteiger partial charge in [0.25, 0.3) is 5.91 Å². The van der Waals surface area contributed by atoms with Gasteiger partial charge < -0.3 is 5.32 Å². The molecule has 0 fully saturated rings. The number of fused-ring (bicyclic) bond motifs is 1. The molecule has 0 saturated heterocycles. The molecular weight excluding hydrogens is 348 g/mol. The Bertz CT molecular complexity index is 931. The molecule has 0 spiro atoms. The number of hydrogen-bond donors (Lipinski definition) is 1. The maximum Gasteiger partial charge on any atom is 0.255 e. The van der Waals surface area contributed by atoms with Gasteiger partial charge in [-0.25, -0.2) is 8.42 Å². The lowest BCUT2D eigenvalue weighted by atomic mass is 10.0. The minimum absolute atomic E-state index is 0.0810. The summed E-state index contributed by atoms with van der Waals surface area (Å²) in [5.74, 6) is -0.0805. The maximum atomic E-state index is 12.5. The molecule has 2 aromatic carbocycles. The van der Waals surface area contributed by atoms with E-state index in [9.17, 15) is 13.2 Å². The maximum absolute atomic E-state index is 12.5. The van der Waals surface area contributed by atoms with Crippen molar-refractivity contribution in [2.45, 2.75) is 33.6 Å². The summed E-state index contributed by atoms with van der Waals surface area (Å²) < 4.78 is 26.1. The summed E-state index contributed by atoms with van der Waals surface area (Å²) in [7, 11) is -3.28. The molecule has 1 heterocycles. The quantitative estimate of drug-likeness (QED) is 0.891. The standard InChI is InChI=1S/C20H24N2O3S/c1-4-26(24,25)22-9-5-6-16-13-18(7-8-19(16)22)21-20(23)17-11-14(2)10-15(3)12-17/h7-8,10-13H,4-6,9H2,1-3H3,(H,21,23). The Balaban J connectivity index is 1.86. The number of sulfonamides is 1.